The number of benzene rings is 1. The van der Waals surface area contributed by atoms with Gasteiger partial charge in [0.25, 0.3) is 0 Å². The largest absolute Gasteiger partial charge is 0.398 e. The molecule has 16 heavy (non-hydrogen) atoms. The van der Waals surface area contributed by atoms with Crippen molar-refractivity contribution in [3.05, 3.63) is 34.8 Å². The number of halogens is 1. The summed E-state index contributed by atoms with van der Waals surface area (Å²) in [5, 5.41) is 0.461. The molecular formula is C13H15FN2. The standard InChI is InChI=1S/C13H15FN2/c1-4-9-8(3)16-13-7(2)5-6-10(14)11(13)12(9)15/h5-6H,4H2,1-3H3,(H2,15,16). The molecule has 1 aromatic heterocycles. The predicted molar refractivity (Wildman–Crippen MR) is 65.0 cm³/mol. The number of aryl methyl sites for hydroxylation is 2. The highest BCUT2D eigenvalue weighted by molar-refractivity contribution is 5.94. The average molecular weight is 218 g/mol. The van der Waals surface area contributed by atoms with E-state index in [0.717, 1.165) is 23.2 Å². The van der Waals surface area contributed by atoms with E-state index in [1.165, 1.54) is 6.07 Å². The van der Waals surface area contributed by atoms with Crippen LogP contribution in [0.5, 0.6) is 0 Å². The molecule has 3 heteroatoms. The Morgan fingerprint density at radius 2 is 2.00 bits per heavy atom. The van der Waals surface area contributed by atoms with Gasteiger partial charge >= 0.3 is 0 Å². The van der Waals surface area contributed by atoms with Crippen LogP contribution in [0, 0.1) is 19.7 Å². The summed E-state index contributed by atoms with van der Waals surface area (Å²) in [6, 6.07) is 3.18. The molecule has 0 spiro atoms. The van der Waals surface area contributed by atoms with E-state index < -0.39 is 0 Å². The number of fused-ring (bicyclic) bond motifs is 1. The van der Waals surface area contributed by atoms with Gasteiger partial charge < -0.3 is 5.73 Å². The number of pyridine rings is 1. The molecule has 0 fully saturated rings. The van der Waals surface area contributed by atoms with Crippen LogP contribution in [-0.2, 0) is 6.42 Å². The summed E-state index contributed by atoms with van der Waals surface area (Å²) < 4.78 is 13.8. The van der Waals surface area contributed by atoms with Crippen molar-refractivity contribution in [1.82, 2.24) is 4.98 Å². The summed E-state index contributed by atoms with van der Waals surface area (Å²) in [7, 11) is 0. The Labute approximate surface area is 94.3 Å². The van der Waals surface area contributed by atoms with Crippen LogP contribution in [0.15, 0.2) is 12.1 Å². The van der Waals surface area contributed by atoms with Gasteiger partial charge in [0, 0.05) is 11.4 Å². The van der Waals surface area contributed by atoms with Gasteiger partial charge in [0.2, 0.25) is 0 Å². The van der Waals surface area contributed by atoms with Crippen molar-refractivity contribution in [1.29, 1.82) is 0 Å². The summed E-state index contributed by atoms with van der Waals surface area (Å²) in [6.07, 6.45) is 0.772. The normalized spacial score (nSPS) is 11.0. The van der Waals surface area contributed by atoms with Gasteiger partial charge in [-0.05, 0) is 37.5 Å². The summed E-state index contributed by atoms with van der Waals surface area (Å²) in [5.74, 6) is -0.291. The molecule has 0 aliphatic rings. The third kappa shape index (κ3) is 1.43. The molecule has 0 amide bonds. The SMILES string of the molecule is CCc1c(C)nc2c(C)ccc(F)c2c1N. The van der Waals surface area contributed by atoms with Crippen LogP contribution in [0.4, 0.5) is 10.1 Å². The highest BCUT2D eigenvalue weighted by Crippen LogP contribution is 2.30. The van der Waals surface area contributed by atoms with Gasteiger partial charge in [-0.1, -0.05) is 13.0 Å². The molecule has 0 unspecified atom stereocenters. The minimum absolute atomic E-state index is 0.291. The molecule has 0 saturated heterocycles. The highest BCUT2D eigenvalue weighted by atomic mass is 19.1. The first-order valence-corrected chi connectivity index (χ1v) is 5.40. The van der Waals surface area contributed by atoms with E-state index in [-0.39, 0.29) is 5.82 Å². The lowest BCUT2D eigenvalue weighted by molar-refractivity contribution is 0.639. The minimum Gasteiger partial charge on any atom is -0.398 e. The van der Waals surface area contributed by atoms with Crippen molar-refractivity contribution >= 4 is 16.6 Å². The van der Waals surface area contributed by atoms with Crippen molar-refractivity contribution in [2.45, 2.75) is 27.2 Å². The first-order valence-electron chi connectivity index (χ1n) is 5.40. The average Bonchev–Trinajstić information content (AvgIpc) is 2.24. The number of hydrogen-bond donors (Lipinski definition) is 1. The maximum absolute atomic E-state index is 13.8. The van der Waals surface area contributed by atoms with Crippen LogP contribution in [0.3, 0.4) is 0 Å². The first-order chi connectivity index (χ1) is 7.56. The van der Waals surface area contributed by atoms with Gasteiger partial charge in [0.05, 0.1) is 10.9 Å². The van der Waals surface area contributed by atoms with Crippen LogP contribution < -0.4 is 5.73 Å². The molecule has 84 valence electrons. The van der Waals surface area contributed by atoms with Crippen LogP contribution in [0.2, 0.25) is 0 Å². The van der Waals surface area contributed by atoms with Crippen molar-refractivity contribution in [2.24, 2.45) is 0 Å². The Hall–Kier alpha value is -1.64. The van der Waals surface area contributed by atoms with Crippen molar-refractivity contribution < 1.29 is 4.39 Å². The van der Waals surface area contributed by atoms with Gasteiger partial charge in [0.15, 0.2) is 0 Å². The molecule has 0 bridgehead atoms. The van der Waals surface area contributed by atoms with E-state index in [9.17, 15) is 4.39 Å². The maximum Gasteiger partial charge on any atom is 0.134 e. The number of nitrogens with two attached hydrogens (primary N) is 1. The predicted octanol–water partition coefficient (Wildman–Crippen LogP) is 3.14. The molecule has 2 nitrogen and oxygen atoms in total. The van der Waals surface area contributed by atoms with E-state index in [0.29, 0.717) is 16.6 Å². The molecule has 0 saturated carbocycles. The van der Waals surface area contributed by atoms with E-state index in [2.05, 4.69) is 4.98 Å². The summed E-state index contributed by atoms with van der Waals surface area (Å²) in [6.45, 7) is 5.83. The lowest BCUT2D eigenvalue weighted by Gasteiger charge is -2.12. The van der Waals surface area contributed by atoms with Gasteiger partial charge in [-0.15, -0.1) is 0 Å². The van der Waals surface area contributed by atoms with Gasteiger partial charge in [-0.3, -0.25) is 4.98 Å². The van der Waals surface area contributed by atoms with Crippen molar-refractivity contribution in [3.8, 4) is 0 Å². The molecule has 0 atom stereocenters. The first kappa shape index (κ1) is 10.9. The fraction of sp³-hybridized carbons (Fsp3) is 0.308. The van der Waals surface area contributed by atoms with E-state index in [1.807, 2.05) is 20.8 Å². The Morgan fingerprint density at radius 1 is 1.31 bits per heavy atom. The Balaban J connectivity index is 2.98. The topological polar surface area (TPSA) is 38.9 Å². The zero-order valence-electron chi connectivity index (χ0n) is 9.76. The Bertz CT molecular complexity index is 562. The molecule has 0 radical (unpaired) electrons. The smallest absolute Gasteiger partial charge is 0.134 e. The van der Waals surface area contributed by atoms with Crippen LogP contribution in [0.25, 0.3) is 10.9 Å². The molecule has 1 heterocycles. The molecule has 2 rings (SSSR count). The summed E-state index contributed by atoms with van der Waals surface area (Å²) >= 11 is 0. The third-order valence-electron chi connectivity index (χ3n) is 2.99. The highest BCUT2D eigenvalue weighted by Gasteiger charge is 2.13. The number of hydrogen-bond acceptors (Lipinski definition) is 2. The number of nitrogen functional groups attached to an aromatic ring is 1. The minimum atomic E-state index is -0.291. The second kappa shape index (κ2) is 3.74. The zero-order valence-corrected chi connectivity index (χ0v) is 9.76. The summed E-state index contributed by atoms with van der Waals surface area (Å²) in [4.78, 5) is 4.45. The third-order valence-corrected chi connectivity index (χ3v) is 2.99. The second-order valence-electron chi connectivity index (χ2n) is 4.03. The number of nitrogens with zero attached hydrogens (tertiary/aromatic N) is 1. The molecular weight excluding hydrogens is 203 g/mol. The van der Waals surface area contributed by atoms with Gasteiger partial charge in [-0.2, -0.15) is 0 Å². The molecule has 0 aliphatic carbocycles. The Morgan fingerprint density at radius 3 is 2.62 bits per heavy atom. The lowest BCUT2D eigenvalue weighted by atomic mass is 10.0. The fourth-order valence-electron chi connectivity index (χ4n) is 2.10. The van der Waals surface area contributed by atoms with E-state index in [4.69, 9.17) is 5.73 Å². The van der Waals surface area contributed by atoms with Crippen LogP contribution in [0.1, 0.15) is 23.7 Å². The van der Waals surface area contributed by atoms with Crippen LogP contribution in [-0.4, -0.2) is 4.98 Å². The number of rotatable bonds is 1. The lowest BCUT2D eigenvalue weighted by Crippen LogP contribution is -2.02. The Kier molecular flexibility index (Phi) is 2.54. The second-order valence-corrected chi connectivity index (χ2v) is 4.03. The number of anilines is 1. The summed E-state index contributed by atoms with van der Waals surface area (Å²) in [5.41, 5.74) is 10.0. The van der Waals surface area contributed by atoms with Gasteiger partial charge in [0.1, 0.15) is 5.82 Å². The maximum atomic E-state index is 13.8. The van der Waals surface area contributed by atoms with E-state index in [1.54, 1.807) is 6.07 Å². The quantitative estimate of drug-likeness (QED) is 0.798. The van der Waals surface area contributed by atoms with Crippen molar-refractivity contribution in [2.75, 3.05) is 5.73 Å². The molecule has 0 aliphatic heterocycles. The fourth-order valence-corrected chi connectivity index (χ4v) is 2.10. The molecule has 1 aromatic carbocycles. The molecule has 2 N–H and O–H groups in total. The molecule has 2 aromatic rings. The van der Waals surface area contributed by atoms with Gasteiger partial charge in [-0.25, -0.2) is 4.39 Å². The number of aromatic nitrogens is 1. The monoisotopic (exact) mass is 218 g/mol. The zero-order chi connectivity index (χ0) is 11.9. The van der Waals surface area contributed by atoms with E-state index >= 15 is 0 Å². The van der Waals surface area contributed by atoms with Crippen molar-refractivity contribution in [3.63, 3.8) is 0 Å². The van der Waals surface area contributed by atoms with Crippen LogP contribution >= 0.6 is 0 Å².